The number of hydrogen-bond acceptors (Lipinski definition) is 4. The van der Waals surface area contributed by atoms with Crippen LogP contribution in [0.15, 0.2) is 82.2 Å². The molecule has 0 saturated carbocycles. The summed E-state index contributed by atoms with van der Waals surface area (Å²) in [4.78, 5) is 28.8. The molecule has 0 unspecified atom stereocenters. The zero-order valence-electron chi connectivity index (χ0n) is 23.1. The van der Waals surface area contributed by atoms with E-state index in [0.717, 1.165) is 14.3 Å². The number of carbonyl (C=O) groups excluding carboxylic acids is 2. The Morgan fingerprint density at radius 1 is 0.975 bits per heavy atom. The van der Waals surface area contributed by atoms with E-state index in [1.165, 1.54) is 17.0 Å². The van der Waals surface area contributed by atoms with Gasteiger partial charge in [0.25, 0.3) is 10.0 Å². The van der Waals surface area contributed by atoms with Crippen LogP contribution in [0, 0.1) is 12.8 Å². The topological polar surface area (TPSA) is 86.8 Å². The predicted octanol–water partition coefficient (Wildman–Crippen LogP) is 6.19. The Morgan fingerprint density at radius 3 is 2.17 bits per heavy atom. The molecule has 10 heteroatoms. The minimum Gasteiger partial charge on any atom is -0.354 e. The summed E-state index contributed by atoms with van der Waals surface area (Å²) in [6.07, 6.45) is 0.336. The van der Waals surface area contributed by atoms with Crippen molar-refractivity contribution in [3.63, 3.8) is 0 Å². The fraction of sp³-hybridized carbons (Fsp3) is 0.333. The van der Waals surface area contributed by atoms with Gasteiger partial charge >= 0.3 is 0 Å². The van der Waals surface area contributed by atoms with Gasteiger partial charge in [-0.25, -0.2) is 8.42 Å². The van der Waals surface area contributed by atoms with Crippen LogP contribution in [-0.2, 0) is 26.2 Å². The number of sulfonamides is 1. The number of hydrogen-bond donors (Lipinski definition) is 1. The predicted molar refractivity (Wildman–Crippen MR) is 164 cm³/mol. The normalized spacial score (nSPS) is 12.2. The standard InChI is InChI=1S/C30H35BrClN3O4S/c1-5-28(30(37)33-18-21(2)3)34(19-23-8-6-7-9-27(23)32)29(36)20-35(25-14-12-24(31)13-15-25)40(38,39)26-16-10-22(4)11-17-26/h6-17,21,28H,5,18-20H2,1-4H3,(H,33,37)/t28-/m0/s1. The van der Waals surface area contributed by atoms with Gasteiger partial charge in [0.1, 0.15) is 12.6 Å². The van der Waals surface area contributed by atoms with Crippen molar-refractivity contribution in [3.05, 3.63) is 93.4 Å². The van der Waals surface area contributed by atoms with Gasteiger partial charge in [-0.15, -0.1) is 0 Å². The van der Waals surface area contributed by atoms with E-state index in [1.54, 1.807) is 60.7 Å². The van der Waals surface area contributed by atoms with Crippen molar-refractivity contribution >= 4 is 55.1 Å². The zero-order chi connectivity index (χ0) is 29.4. The van der Waals surface area contributed by atoms with Crippen molar-refractivity contribution < 1.29 is 18.0 Å². The molecule has 0 aromatic heterocycles. The van der Waals surface area contributed by atoms with Gasteiger partial charge in [-0.1, -0.05) is 84.2 Å². The lowest BCUT2D eigenvalue weighted by Gasteiger charge is -2.33. The van der Waals surface area contributed by atoms with Crippen molar-refractivity contribution in [1.29, 1.82) is 0 Å². The first-order valence-electron chi connectivity index (χ1n) is 13.1. The zero-order valence-corrected chi connectivity index (χ0v) is 26.3. The highest BCUT2D eigenvalue weighted by molar-refractivity contribution is 9.10. The van der Waals surface area contributed by atoms with E-state index >= 15 is 0 Å². The van der Waals surface area contributed by atoms with Crippen LogP contribution >= 0.6 is 27.5 Å². The highest BCUT2D eigenvalue weighted by Crippen LogP contribution is 2.27. The summed E-state index contributed by atoms with van der Waals surface area (Å²) in [7, 11) is -4.12. The van der Waals surface area contributed by atoms with Gasteiger partial charge in [-0.05, 0) is 67.3 Å². The largest absolute Gasteiger partial charge is 0.354 e. The monoisotopic (exact) mass is 647 g/mol. The molecular weight excluding hydrogens is 614 g/mol. The summed E-state index contributed by atoms with van der Waals surface area (Å²) in [5.74, 6) is -0.597. The van der Waals surface area contributed by atoms with Crippen LogP contribution < -0.4 is 9.62 Å². The van der Waals surface area contributed by atoms with Crippen molar-refractivity contribution in [2.24, 2.45) is 5.92 Å². The minimum absolute atomic E-state index is 0.0465. The summed E-state index contributed by atoms with van der Waals surface area (Å²) in [6.45, 7) is 7.66. The van der Waals surface area contributed by atoms with E-state index in [-0.39, 0.29) is 23.3 Å². The van der Waals surface area contributed by atoms with E-state index in [0.29, 0.717) is 29.2 Å². The average molecular weight is 649 g/mol. The highest BCUT2D eigenvalue weighted by atomic mass is 79.9. The molecule has 3 aromatic rings. The van der Waals surface area contributed by atoms with Crippen LogP contribution in [0.25, 0.3) is 0 Å². The molecule has 0 heterocycles. The second-order valence-corrected chi connectivity index (χ2v) is 13.2. The molecule has 214 valence electrons. The maximum atomic E-state index is 14.1. The molecule has 7 nitrogen and oxygen atoms in total. The third kappa shape index (κ3) is 8.08. The van der Waals surface area contributed by atoms with Crippen LogP contribution in [-0.4, -0.2) is 44.3 Å². The van der Waals surface area contributed by atoms with E-state index in [1.807, 2.05) is 27.7 Å². The van der Waals surface area contributed by atoms with Crippen LogP contribution in [0.3, 0.4) is 0 Å². The molecule has 2 amide bonds. The molecule has 0 bridgehead atoms. The third-order valence-corrected chi connectivity index (χ3v) is 9.06. The van der Waals surface area contributed by atoms with Crippen molar-refractivity contribution in [3.8, 4) is 0 Å². The fourth-order valence-corrected chi connectivity index (χ4v) is 6.00. The van der Waals surface area contributed by atoms with E-state index in [9.17, 15) is 18.0 Å². The molecule has 0 aliphatic rings. The van der Waals surface area contributed by atoms with Gasteiger partial charge in [0.05, 0.1) is 10.6 Å². The maximum Gasteiger partial charge on any atom is 0.264 e. The molecule has 3 rings (SSSR count). The molecule has 0 saturated heterocycles. The summed E-state index contributed by atoms with van der Waals surface area (Å²) < 4.78 is 29.6. The number of carbonyl (C=O) groups is 2. The molecule has 0 fully saturated rings. The number of amides is 2. The minimum atomic E-state index is -4.12. The van der Waals surface area contributed by atoms with E-state index < -0.39 is 28.5 Å². The first kappa shape index (κ1) is 31.6. The Kier molecular flexibility index (Phi) is 11.2. The SMILES string of the molecule is CC[C@@H](C(=O)NCC(C)C)N(Cc1ccccc1Cl)C(=O)CN(c1ccc(Br)cc1)S(=O)(=O)c1ccc(C)cc1. The Bertz CT molecular complexity index is 1410. The maximum absolute atomic E-state index is 14.1. The van der Waals surface area contributed by atoms with Crippen LogP contribution in [0.1, 0.15) is 38.3 Å². The second-order valence-electron chi connectivity index (χ2n) is 9.98. The molecule has 0 aliphatic carbocycles. The Morgan fingerprint density at radius 2 is 1.60 bits per heavy atom. The summed E-state index contributed by atoms with van der Waals surface area (Å²) in [5, 5.41) is 3.37. The van der Waals surface area contributed by atoms with Gasteiger partial charge in [0.15, 0.2) is 0 Å². The van der Waals surface area contributed by atoms with Crippen molar-refractivity contribution in [2.45, 2.75) is 51.6 Å². The lowest BCUT2D eigenvalue weighted by atomic mass is 10.1. The molecule has 0 spiro atoms. The first-order chi connectivity index (χ1) is 18.9. The van der Waals surface area contributed by atoms with Gasteiger partial charge < -0.3 is 10.2 Å². The Balaban J connectivity index is 2.05. The van der Waals surface area contributed by atoms with E-state index in [2.05, 4.69) is 21.2 Å². The molecular formula is C30H35BrClN3O4S. The number of benzene rings is 3. The number of nitrogens with zero attached hydrogens (tertiary/aromatic N) is 2. The number of aryl methyl sites for hydroxylation is 1. The molecule has 3 aromatic carbocycles. The fourth-order valence-electron chi connectivity index (χ4n) is 4.13. The third-order valence-electron chi connectivity index (χ3n) is 6.37. The quantitative estimate of drug-likeness (QED) is 0.254. The number of rotatable bonds is 12. The molecule has 0 aliphatic heterocycles. The number of nitrogens with one attached hydrogen (secondary N) is 1. The Labute approximate surface area is 250 Å². The van der Waals surface area contributed by atoms with Crippen LogP contribution in [0.4, 0.5) is 5.69 Å². The Hall–Kier alpha value is -2.88. The van der Waals surface area contributed by atoms with Crippen LogP contribution in [0.5, 0.6) is 0 Å². The van der Waals surface area contributed by atoms with E-state index in [4.69, 9.17) is 11.6 Å². The molecule has 0 radical (unpaired) electrons. The van der Waals surface area contributed by atoms with Gasteiger partial charge in [-0.2, -0.15) is 0 Å². The van der Waals surface area contributed by atoms with Gasteiger partial charge in [0.2, 0.25) is 11.8 Å². The number of anilines is 1. The summed E-state index contributed by atoms with van der Waals surface area (Å²) >= 11 is 9.82. The highest BCUT2D eigenvalue weighted by Gasteiger charge is 2.34. The lowest BCUT2D eigenvalue weighted by molar-refractivity contribution is -0.140. The van der Waals surface area contributed by atoms with Gasteiger partial charge in [-0.3, -0.25) is 13.9 Å². The smallest absolute Gasteiger partial charge is 0.264 e. The van der Waals surface area contributed by atoms with Crippen molar-refractivity contribution in [2.75, 3.05) is 17.4 Å². The summed E-state index contributed by atoms with van der Waals surface area (Å²) in [6, 6.07) is 19.4. The molecule has 40 heavy (non-hydrogen) atoms. The molecule has 1 N–H and O–H groups in total. The van der Waals surface area contributed by atoms with Crippen LogP contribution in [0.2, 0.25) is 5.02 Å². The van der Waals surface area contributed by atoms with Crippen molar-refractivity contribution in [1.82, 2.24) is 10.2 Å². The second kappa shape index (κ2) is 14.1. The summed E-state index contributed by atoms with van der Waals surface area (Å²) in [5.41, 5.74) is 1.89. The van der Waals surface area contributed by atoms with Gasteiger partial charge in [0, 0.05) is 22.6 Å². The lowest BCUT2D eigenvalue weighted by Crippen LogP contribution is -2.52. The first-order valence-corrected chi connectivity index (χ1v) is 15.7. The number of halogens is 2. The average Bonchev–Trinajstić information content (AvgIpc) is 2.92. The molecule has 1 atom stereocenters.